The van der Waals surface area contributed by atoms with E-state index in [1.54, 1.807) is 23.5 Å². The largest absolute Gasteiger partial charge is 0.349 e. The van der Waals surface area contributed by atoms with Gasteiger partial charge >= 0.3 is 0 Å². The van der Waals surface area contributed by atoms with Crippen LogP contribution in [0.15, 0.2) is 40.6 Å². The summed E-state index contributed by atoms with van der Waals surface area (Å²) in [5.41, 5.74) is 1.54. The molecule has 32 heavy (non-hydrogen) atoms. The van der Waals surface area contributed by atoms with E-state index < -0.39 is 10.0 Å². The fraction of sp³-hybridized carbons (Fsp3) is 0.478. The Hall–Kier alpha value is -2.23. The van der Waals surface area contributed by atoms with Gasteiger partial charge in [-0.3, -0.25) is 4.79 Å². The summed E-state index contributed by atoms with van der Waals surface area (Å²) in [5, 5.41) is 5.04. The van der Waals surface area contributed by atoms with Crippen LogP contribution in [0.4, 0.5) is 0 Å². The maximum atomic E-state index is 12.9. The number of nitrogens with one attached hydrogen (secondary N) is 1. The molecule has 0 radical (unpaired) electrons. The molecule has 9 heteroatoms. The number of aromatic nitrogens is 2. The second-order valence-corrected chi connectivity index (χ2v) is 10.6. The average Bonchev–Trinajstić information content (AvgIpc) is 3.41. The summed E-state index contributed by atoms with van der Waals surface area (Å²) < 4.78 is 29.4. The lowest BCUT2D eigenvalue weighted by Crippen LogP contribution is -2.30. The number of amides is 1. The number of carbonyl (C=O) groups is 1. The molecule has 0 bridgehead atoms. The monoisotopic (exact) mass is 476 g/mol. The number of nitrogens with zero attached hydrogens (tertiary/aromatic N) is 3. The smallest absolute Gasteiger partial charge is 0.243 e. The summed E-state index contributed by atoms with van der Waals surface area (Å²) in [6, 6.07) is 9.10. The molecule has 1 atom stereocenters. The zero-order valence-corrected chi connectivity index (χ0v) is 20.8. The van der Waals surface area contributed by atoms with Crippen LogP contribution in [0.2, 0.25) is 0 Å². The number of hydrogen-bond acceptors (Lipinski definition) is 5. The Morgan fingerprint density at radius 1 is 1.22 bits per heavy atom. The number of rotatable bonds is 11. The third-order valence-corrected chi connectivity index (χ3v) is 8.61. The van der Waals surface area contributed by atoms with E-state index in [0.717, 1.165) is 29.2 Å². The van der Waals surface area contributed by atoms with Crippen LogP contribution in [-0.2, 0) is 27.8 Å². The highest BCUT2D eigenvalue weighted by Gasteiger charge is 2.23. The molecule has 1 aromatic carbocycles. The number of sulfonamides is 1. The van der Waals surface area contributed by atoms with E-state index in [2.05, 4.69) is 16.8 Å². The van der Waals surface area contributed by atoms with Gasteiger partial charge in [-0.25, -0.2) is 13.4 Å². The normalized spacial score (nSPS) is 13.0. The molecule has 0 aliphatic heterocycles. The second-order valence-electron chi connectivity index (χ2n) is 7.72. The predicted molar refractivity (Wildman–Crippen MR) is 129 cm³/mol. The van der Waals surface area contributed by atoms with Crippen LogP contribution in [0.3, 0.4) is 0 Å². The third-order valence-electron chi connectivity index (χ3n) is 5.51. The summed E-state index contributed by atoms with van der Waals surface area (Å²) in [5.74, 6) is 0.781. The quantitative estimate of drug-likeness (QED) is 0.446. The van der Waals surface area contributed by atoms with Gasteiger partial charge in [0, 0.05) is 37.4 Å². The van der Waals surface area contributed by atoms with E-state index in [-0.39, 0.29) is 16.8 Å². The maximum absolute atomic E-state index is 12.9. The van der Waals surface area contributed by atoms with Crippen molar-refractivity contribution in [2.75, 3.05) is 13.1 Å². The SMILES string of the molecule is CCCn1c(CCC(=O)NC(C)c2cccs2)nc2cc(S(=O)(=O)N(CC)CC)ccc21. The number of thiophene rings is 1. The lowest BCUT2D eigenvalue weighted by atomic mass is 10.2. The average molecular weight is 477 g/mol. The number of carbonyl (C=O) groups excluding carboxylic acids is 1. The first-order valence-corrected chi connectivity index (χ1v) is 13.5. The molecule has 0 saturated heterocycles. The van der Waals surface area contributed by atoms with E-state index in [1.807, 2.05) is 44.4 Å². The van der Waals surface area contributed by atoms with Crippen molar-refractivity contribution in [3.8, 4) is 0 Å². The van der Waals surface area contributed by atoms with Crippen molar-refractivity contribution in [3.63, 3.8) is 0 Å². The van der Waals surface area contributed by atoms with Gasteiger partial charge in [0.15, 0.2) is 0 Å². The van der Waals surface area contributed by atoms with Crippen LogP contribution in [0.25, 0.3) is 11.0 Å². The van der Waals surface area contributed by atoms with Gasteiger partial charge in [-0.05, 0) is 43.0 Å². The molecular weight excluding hydrogens is 444 g/mol. The molecule has 1 N–H and O–H groups in total. The summed E-state index contributed by atoms with van der Waals surface area (Å²) in [7, 11) is -3.55. The van der Waals surface area contributed by atoms with Crippen LogP contribution in [0.1, 0.15) is 57.3 Å². The van der Waals surface area contributed by atoms with Gasteiger partial charge in [-0.1, -0.05) is 26.8 Å². The first-order valence-electron chi connectivity index (χ1n) is 11.1. The summed E-state index contributed by atoms with van der Waals surface area (Å²) >= 11 is 1.62. The molecule has 1 amide bonds. The summed E-state index contributed by atoms with van der Waals surface area (Å²) in [6.45, 7) is 9.34. The van der Waals surface area contributed by atoms with Gasteiger partial charge in [-0.2, -0.15) is 4.31 Å². The topological polar surface area (TPSA) is 84.3 Å². The van der Waals surface area contributed by atoms with Crippen LogP contribution in [0.5, 0.6) is 0 Å². The highest BCUT2D eigenvalue weighted by atomic mass is 32.2. The molecule has 3 aromatic rings. The molecule has 174 valence electrons. The Morgan fingerprint density at radius 3 is 2.59 bits per heavy atom. The van der Waals surface area contributed by atoms with Crippen LogP contribution in [-0.4, -0.2) is 41.3 Å². The lowest BCUT2D eigenvalue weighted by Gasteiger charge is -2.18. The van der Waals surface area contributed by atoms with Crippen molar-refractivity contribution < 1.29 is 13.2 Å². The number of fused-ring (bicyclic) bond motifs is 1. The first kappa shape index (κ1) is 24.4. The zero-order chi connectivity index (χ0) is 23.3. The molecule has 1 unspecified atom stereocenters. The zero-order valence-electron chi connectivity index (χ0n) is 19.2. The maximum Gasteiger partial charge on any atom is 0.243 e. The Bertz CT molecular complexity index is 1150. The highest BCUT2D eigenvalue weighted by molar-refractivity contribution is 7.89. The molecule has 0 aliphatic carbocycles. The predicted octanol–water partition coefficient (Wildman–Crippen LogP) is 4.35. The van der Waals surface area contributed by atoms with E-state index in [0.29, 0.717) is 31.4 Å². The minimum Gasteiger partial charge on any atom is -0.349 e. The molecular formula is C23H32N4O3S2. The Morgan fingerprint density at radius 2 is 1.97 bits per heavy atom. The van der Waals surface area contributed by atoms with Crippen molar-refractivity contribution in [1.29, 1.82) is 0 Å². The molecule has 7 nitrogen and oxygen atoms in total. The second kappa shape index (κ2) is 10.6. The van der Waals surface area contributed by atoms with E-state index in [9.17, 15) is 13.2 Å². The molecule has 0 spiro atoms. The fourth-order valence-corrected chi connectivity index (χ4v) is 6.06. The minimum atomic E-state index is -3.55. The molecule has 2 aromatic heterocycles. The van der Waals surface area contributed by atoms with Crippen molar-refractivity contribution in [3.05, 3.63) is 46.4 Å². The molecule has 0 fully saturated rings. The van der Waals surface area contributed by atoms with Crippen LogP contribution < -0.4 is 5.32 Å². The number of benzene rings is 1. The van der Waals surface area contributed by atoms with Gasteiger partial charge in [0.2, 0.25) is 15.9 Å². The number of hydrogen-bond donors (Lipinski definition) is 1. The van der Waals surface area contributed by atoms with Crippen LogP contribution >= 0.6 is 11.3 Å². The Balaban J connectivity index is 1.82. The van der Waals surface area contributed by atoms with Gasteiger partial charge in [0.05, 0.1) is 22.0 Å². The van der Waals surface area contributed by atoms with E-state index >= 15 is 0 Å². The summed E-state index contributed by atoms with van der Waals surface area (Å²) in [6.07, 6.45) is 1.74. The third kappa shape index (κ3) is 5.22. The molecule has 0 saturated carbocycles. The fourth-order valence-electron chi connectivity index (χ4n) is 3.84. The Labute approximate surface area is 194 Å². The minimum absolute atomic E-state index is 0.0224. The van der Waals surface area contributed by atoms with Crippen molar-refractivity contribution in [1.82, 2.24) is 19.2 Å². The molecule has 3 rings (SSSR count). The Kier molecular flexibility index (Phi) is 8.08. The van der Waals surface area contributed by atoms with Crippen molar-refractivity contribution >= 4 is 38.3 Å². The van der Waals surface area contributed by atoms with Gasteiger partial charge in [-0.15, -0.1) is 11.3 Å². The summed E-state index contributed by atoms with van der Waals surface area (Å²) in [4.78, 5) is 18.6. The standard InChI is InChI=1S/C23H32N4O3S2/c1-5-14-27-20-11-10-18(32(29,30)26(6-2)7-3)16-19(20)25-22(27)12-13-23(28)24-17(4)21-9-8-15-31-21/h8-11,15-17H,5-7,12-14H2,1-4H3,(H,24,28). The number of aryl methyl sites for hydroxylation is 2. The van der Waals surface area contributed by atoms with E-state index in [4.69, 9.17) is 4.98 Å². The van der Waals surface area contributed by atoms with Gasteiger partial charge < -0.3 is 9.88 Å². The van der Waals surface area contributed by atoms with Gasteiger partial charge in [0.25, 0.3) is 0 Å². The first-order chi connectivity index (χ1) is 15.3. The highest BCUT2D eigenvalue weighted by Crippen LogP contribution is 2.24. The van der Waals surface area contributed by atoms with Crippen LogP contribution in [0, 0.1) is 0 Å². The van der Waals surface area contributed by atoms with E-state index in [1.165, 1.54) is 4.31 Å². The molecule has 2 heterocycles. The van der Waals surface area contributed by atoms with Gasteiger partial charge in [0.1, 0.15) is 5.82 Å². The molecule has 0 aliphatic rings. The number of imidazole rings is 1. The lowest BCUT2D eigenvalue weighted by molar-refractivity contribution is -0.121. The van der Waals surface area contributed by atoms with Crippen molar-refractivity contribution in [2.45, 2.75) is 64.4 Å². The van der Waals surface area contributed by atoms with Crippen molar-refractivity contribution in [2.24, 2.45) is 0 Å².